The molecule has 1 aliphatic carbocycles. The summed E-state index contributed by atoms with van der Waals surface area (Å²) in [6, 6.07) is 10.4. The monoisotopic (exact) mass is 475 g/mol. The number of methoxy groups -OCH3 is 1. The molecule has 35 heavy (non-hydrogen) atoms. The van der Waals surface area contributed by atoms with Crippen molar-refractivity contribution in [3.63, 3.8) is 0 Å². The number of nitriles is 1. The maximum atomic E-state index is 13.3. The van der Waals surface area contributed by atoms with Gasteiger partial charge in [-0.15, -0.1) is 0 Å². The van der Waals surface area contributed by atoms with Gasteiger partial charge in [-0.25, -0.2) is 4.79 Å². The average Bonchev–Trinajstić information content (AvgIpc) is 3.58. The number of rotatable bonds is 7. The number of carbonyl (C=O) groups is 3. The zero-order valence-electron chi connectivity index (χ0n) is 19.4. The topological polar surface area (TPSA) is 138 Å². The smallest absolute Gasteiger partial charge is 0.327 e. The third kappa shape index (κ3) is 4.55. The van der Waals surface area contributed by atoms with Crippen LogP contribution in [0.4, 0.5) is 5.69 Å². The Bertz CT molecular complexity index is 1280. The molecule has 0 radical (unpaired) electrons. The fraction of sp³-hybridized carbons (Fsp3) is 0.308. The predicted molar refractivity (Wildman–Crippen MR) is 127 cm³/mol. The first kappa shape index (κ1) is 23.8. The van der Waals surface area contributed by atoms with Gasteiger partial charge in [-0.2, -0.15) is 5.26 Å². The van der Waals surface area contributed by atoms with Crippen LogP contribution in [0.2, 0.25) is 0 Å². The van der Waals surface area contributed by atoms with E-state index < -0.39 is 11.4 Å². The summed E-state index contributed by atoms with van der Waals surface area (Å²) >= 11 is 0. The molecule has 1 heterocycles. The lowest BCUT2D eigenvalue weighted by Crippen LogP contribution is -2.28. The molecule has 2 aliphatic rings. The Labute approximate surface area is 202 Å². The van der Waals surface area contributed by atoms with Crippen molar-refractivity contribution < 1.29 is 29.0 Å². The third-order valence-corrected chi connectivity index (χ3v) is 6.60. The first-order valence-electron chi connectivity index (χ1n) is 11.1. The average molecular weight is 476 g/mol. The molecule has 1 saturated carbocycles. The molecule has 2 aromatic rings. The van der Waals surface area contributed by atoms with Crippen LogP contribution < -0.4 is 20.1 Å². The Morgan fingerprint density at radius 3 is 2.80 bits per heavy atom. The number of aliphatic carboxylic acids is 1. The van der Waals surface area contributed by atoms with E-state index >= 15 is 0 Å². The number of carboxylic acids is 1. The highest BCUT2D eigenvalue weighted by Crippen LogP contribution is 2.61. The van der Waals surface area contributed by atoms with E-state index in [2.05, 4.69) is 16.7 Å². The second-order valence-corrected chi connectivity index (χ2v) is 8.56. The van der Waals surface area contributed by atoms with Gasteiger partial charge >= 0.3 is 5.97 Å². The van der Waals surface area contributed by atoms with Crippen LogP contribution in [0, 0.1) is 17.2 Å². The fourth-order valence-corrected chi connectivity index (χ4v) is 4.70. The molecule has 0 bridgehead atoms. The van der Waals surface area contributed by atoms with Gasteiger partial charge in [0.25, 0.3) is 5.91 Å². The molecule has 9 nitrogen and oxygen atoms in total. The minimum absolute atomic E-state index is 0.200. The van der Waals surface area contributed by atoms with E-state index in [0.29, 0.717) is 53.3 Å². The number of hydrogen-bond donors (Lipinski definition) is 3. The fourth-order valence-electron chi connectivity index (χ4n) is 4.70. The summed E-state index contributed by atoms with van der Waals surface area (Å²) in [6.07, 6.45) is 4.04. The van der Waals surface area contributed by atoms with Gasteiger partial charge in [0, 0.05) is 41.8 Å². The zero-order chi connectivity index (χ0) is 25.2. The summed E-state index contributed by atoms with van der Waals surface area (Å²) in [5.74, 6) is -0.899. The van der Waals surface area contributed by atoms with E-state index in [1.54, 1.807) is 37.4 Å². The first-order chi connectivity index (χ1) is 16.8. The molecular weight excluding hydrogens is 450 g/mol. The molecule has 0 saturated heterocycles. The van der Waals surface area contributed by atoms with E-state index in [0.717, 1.165) is 11.6 Å². The summed E-state index contributed by atoms with van der Waals surface area (Å²) in [4.78, 5) is 36.6. The van der Waals surface area contributed by atoms with Crippen LogP contribution in [-0.2, 0) is 21.4 Å². The van der Waals surface area contributed by atoms with Gasteiger partial charge in [0.05, 0.1) is 30.9 Å². The number of fused-ring (bicyclic) bond motifs is 2. The van der Waals surface area contributed by atoms with Gasteiger partial charge in [-0.1, -0.05) is 12.1 Å². The molecule has 1 aliphatic heterocycles. The largest absolute Gasteiger partial charge is 0.496 e. The number of nitrogens with one attached hydrogen (secondary N) is 2. The number of ether oxygens (including phenoxy) is 2. The van der Waals surface area contributed by atoms with Crippen molar-refractivity contribution in [2.75, 3.05) is 26.1 Å². The van der Waals surface area contributed by atoms with E-state index in [1.807, 2.05) is 0 Å². The first-order valence-corrected chi connectivity index (χ1v) is 11.1. The van der Waals surface area contributed by atoms with E-state index in [-0.39, 0.29) is 24.2 Å². The van der Waals surface area contributed by atoms with Crippen LogP contribution in [0.25, 0.3) is 0 Å². The third-order valence-electron chi connectivity index (χ3n) is 6.60. The summed E-state index contributed by atoms with van der Waals surface area (Å²) in [6.45, 7) is 0.439. The summed E-state index contributed by atoms with van der Waals surface area (Å²) in [7, 11) is 3.03. The molecule has 3 N–H and O–H groups in total. The van der Waals surface area contributed by atoms with Crippen molar-refractivity contribution in [1.29, 1.82) is 5.26 Å². The quantitative estimate of drug-likeness (QED) is 0.524. The normalized spacial score (nSPS) is 19.9. The molecule has 180 valence electrons. The van der Waals surface area contributed by atoms with Crippen molar-refractivity contribution in [2.24, 2.45) is 5.92 Å². The minimum Gasteiger partial charge on any atom is -0.496 e. The van der Waals surface area contributed by atoms with Crippen molar-refractivity contribution in [2.45, 2.75) is 24.7 Å². The highest BCUT2D eigenvalue weighted by atomic mass is 16.5. The lowest BCUT2D eigenvalue weighted by molar-refractivity contribution is -0.131. The summed E-state index contributed by atoms with van der Waals surface area (Å²) in [5, 5.41) is 23.7. The second-order valence-electron chi connectivity index (χ2n) is 8.56. The Morgan fingerprint density at radius 2 is 2.11 bits per heavy atom. The number of benzene rings is 2. The summed E-state index contributed by atoms with van der Waals surface area (Å²) < 4.78 is 11.2. The summed E-state index contributed by atoms with van der Waals surface area (Å²) in [5.41, 5.74) is 2.28. The standard InChI is InChI=1S/C26H25N3O6/c1-28-24(32)17-11-18-22(12-21(17)34-2)35-9-8-26(18)13-19(26)25(33)29-20-10-15(14-27)6-7-16(20)4-3-5-23(30)31/h3,5-7,10-12,19H,4,8-9,13H2,1-2H3,(H,28,32)(H,29,33)(H,30,31)/t19-,26-/m0/s1. The lowest BCUT2D eigenvalue weighted by atomic mass is 9.86. The number of anilines is 1. The molecule has 0 aromatic heterocycles. The molecule has 0 unspecified atom stereocenters. The van der Waals surface area contributed by atoms with Crippen molar-refractivity contribution >= 4 is 23.5 Å². The number of hydrogen-bond acceptors (Lipinski definition) is 6. The van der Waals surface area contributed by atoms with E-state index in [9.17, 15) is 19.6 Å². The van der Waals surface area contributed by atoms with E-state index in [1.165, 1.54) is 13.2 Å². The molecular formula is C26H25N3O6. The maximum absolute atomic E-state index is 13.3. The Hall–Kier alpha value is -4.32. The number of allylic oxidation sites excluding steroid dienone is 1. The van der Waals surface area contributed by atoms with E-state index in [4.69, 9.17) is 14.6 Å². The Morgan fingerprint density at radius 1 is 1.31 bits per heavy atom. The van der Waals surface area contributed by atoms with Gasteiger partial charge in [-0.3, -0.25) is 9.59 Å². The van der Waals surface area contributed by atoms with Crippen LogP contribution in [0.15, 0.2) is 42.5 Å². The van der Waals surface area contributed by atoms with Crippen molar-refractivity contribution in [3.05, 3.63) is 64.7 Å². The highest BCUT2D eigenvalue weighted by Gasteiger charge is 2.61. The van der Waals surface area contributed by atoms with Crippen LogP contribution >= 0.6 is 0 Å². The van der Waals surface area contributed by atoms with Gasteiger partial charge in [0.15, 0.2) is 0 Å². The van der Waals surface area contributed by atoms with Gasteiger partial charge in [0.2, 0.25) is 5.91 Å². The molecule has 2 amide bonds. The minimum atomic E-state index is -1.06. The SMILES string of the molecule is CNC(=O)c1cc2c(cc1OC)OCC[C@]21C[C@H]1C(=O)Nc1cc(C#N)ccc1CC=CC(=O)O. The van der Waals surface area contributed by atoms with Crippen LogP contribution in [0.3, 0.4) is 0 Å². The molecule has 1 spiro atoms. The molecule has 4 rings (SSSR count). The number of nitrogens with zero attached hydrogens (tertiary/aromatic N) is 1. The van der Waals surface area contributed by atoms with Crippen molar-refractivity contribution in [1.82, 2.24) is 5.32 Å². The van der Waals surface area contributed by atoms with Gasteiger partial charge in [-0.05, 0) is 43.0 Å². The lowest BCUT2D eigenvalue weighted by Gasteiger charge is -2.28. The Kier molecular flexibility index (Phi) is 6.47. The molecule has 2 atom stereocenters. The zero-order valence-corrected chi connectivity index (χ0v) is 19.4. The second kappa shape index (κ2) is 9.50. The van der Waals surface area contributed by atoms with Crippen LogP contribution in [-0.4, -0.2) is 43.7 Å². The number of amides is 2. The van der Waals surface area contributed by atoms with Crippen LogP contribution in [0.5, 0.6) is 11.5 Å². The Balaban J connectivity index is 1.62. The predicted octanol–water partition coefficient (Wildman–Crippen LogP) is 2.79. The van der Waals surface area contributed by atoms with Gasteiger partial charge in [0.1, 0.15) is 11.5 Å². The highest BCUT2D eigenvalue weighted by molar-refractivity contribution is 5.99. The molecule has 1 fully saturated rings. The van der Waals surface area contributed by atoms with Crippen LogP contribution in [0.1, 0.15) is 39.9 Å². The molecule has 9 heteroatoms. The van der Waals surface area contributed by atoms with Crippen molar-refractivity contribution in [3.8, 4) is 17.6 Å². The number of carbonyl (C=O) groups excluding carboxylic acids is 2. The van der Waals surface area contributed by atoms with Gasteiger partial charge < -0.3 is 25.2 Å². The molecule has 2 aromatic carbocycles. The maximum Gasteiger partial charge on any atom is 0.327 e. The number of carboxylic acid groups (broad SMARTS) is 1.